The van der Waals surface area contributed by atoms with Crippen molar-refractivity contribution in [3.8, 4) is 0 Å². The maximum atomic E-state index is 10.8. The zero-order valence-electron chi connectivity index (χ0n) is 11.3. The van der Waals surface area contributed by atoms with E-state index in [0.717, 1.165) is 18.0 Å². The van der Waals surface area contributed by atoms with Gasteiger partial charge in [-0.1, -0.05) is 20.3 Å². The summed E-state index contributed by atoms with van der Waals surface area (Å²) >= 11 is 1.42. The fourth-order valence-corrected chi connectivity index (χ4v) is 3.44. The molecular formula is C13H21N3O2S. The van der Waals surface area contributed by atoms with Gasteiger partial charge in [-0.25, -0.2) is 4.98 Å². The van der Waals surface area contributed by atoms with Crippen LogP contribution in [0.5, 0.6) is 0 Å². The van der Waals surface area contributed by atoms with Crippen LogP contribution in [0.3, 0.4) is 0 Å². The van der Waals surface area contributed by atoms with Gasteiger partial charge in [0.2, 0.25) is 0 Å². The minimum atomic E-state index is -1.05. The molecule has 19 heavy (non-hydrogen) atoms. The monoisotopic (exact) mass is 283 g/mol. The number of anilines is 1. The SMILES string of the molecule is CC1(C)CCCC(Nc2nc(C(N)C(=O)O)cs2)C1. The van der Waals surface area contributed by atoms with Gasteiger partial charge in [0.15, 0.2) is 5.13 Å². The van der Waals surface area contributed by atoms with Gasteiger partial charge in [-0.15, -0.1) is 11.3 Å². The second kappa shape index (κ2) is 5.46. The highest BCUT2D eigenvalue weighted by molar-refractivity contribution is 7.13. The van der Waals surface area contributed by atoms with Crippen LogP contribution in [0.25, 0.3) is 0 Å². The molecule has 6 heteroatoms. The highest BCUT2D eigenvalue weighted by Crippen LogP contribution is 2.36. The Morgan fingerprint density at radius 2 is 2.42 bits per heavy atom. The van der Waals surface area contributed by atoms with Gasteiger partial charge in [0, 0.05) is 11.4 Å². The summed E-state index contributed by atoms with van der Waals surface area (Å²) in [5.74, 6) is -1.05. The van der Waals surface area contributed by atoms with Crippen molar-refractivity contribution < 1.29 is 9.90 Å². The van der Waals surface area contributed by atoms with E-state index in [2.05, 4.69) is 24.1 Å². The molecule has 2 unspecified atom stereocenters. The van der Waals surface area contributed by atoms with Gasteiger partial charge in [-0.3, -0.25) is 4.79 Å². The summed E-state index contributed by atoms with van der Waals surface area (Å²) in [5, 5.41) is 14.8. The third-order valence-corrected chi connectivity index (χ3v) is 4.43. The number of nitrogens with one attached hydrogen (secondary N) is 1. The lowest BCUT2D eigenvalue weighted by molar-refractivity contribution is -0.138. The van der Waals surface area contributed by atoms with Crippen molar-refractivity contribution >= 4 is 22.4 Å². The Labute approximate surface area is 117 Å². The number of hydrogen-bond donors (Lipinski definition) is 3. The van der Waals surface area contributed by atoms with Crippen LogP contribution in [-0.2, 0) is 4.79 Å². The Balaban J connectivity index is 1.98. The molecule has 4 N–H and O–H groups in total. The Hall–Kier alpha value is -1.14. The molecule has 2 atom stereocenters. The smallest absolute Gasteiger partial charge is 0.326 e. The first-order valence-electron chi connectivity index (χ1n) is 6.58. The van der Waals surface area contributed by atoms with Crippen molar-refractivity contribution in [3.05, 3.63) is 11.1 Å². The molecule has 1 saturated carbocycles. The Bertz CT molecular complexity index is 458. The standard InChI is InChI=1S/C13H21N3O2S/c1-13(2)5-3-4-8(6-13)15-12-16-9(7-19-12)10(14)11(17)18/h7-8,10H,3-6,14H2,1-2H3,(H,15,16)(H,17,18). The molecule has 0 radical (unpaired) electrons. The van der Waals surface area contributed by atoms with Gasteiger partial charge in [-0.2, -0.15) is 0 Å². The van der Waals surface area contributed by atoms with E-state index in [1.807, 2.05) is 0 Å². The van der Waals surface area contributed by atoms with Crippen LogP contribution in [0.1, 0.15) is 51.3 Å². The third kappa shape index (κ3) is 3.67. The Kier molecular flexibility index (Phi) is 4.10. The summed E-state index contributed by atoms with van der Waals surface area (Å²) in [6, 6.07) is -0.613. The number of carboxylic acids is 1. The summed E-state index contributed by atoms with van der Waals surface area (Å²) in [5.41, 5.74) is 6.34. The average molecular weight is 283 g/mol. The number of nitrogens with two attached hydrogens (primary N) is 1. The lowest BCUT2D eigenvalue weighted by atomic mass is 9.75. The molecular weight excluding hydrogens is 262 g/mol. The van der Waals surface area contributed by atoms with Crippen LogP contribution >= 0.6 is 11.3 Å². The van der Waals surface area contributed by atoms with Crippen molar-refractivity contribution in [1.29, 1.82) is 0 Å². The first-order valence-corrected chi connectivity index (χ1v) is 7.46. The lowest BCUT2D eigenvalue weighted by Crippen LogP contribution is -2.31. The molecule has 1 heterocycles. The van der Waals surface area contributed by atoms with Crippen molar-refractivity contribution in [2.24, 2.45) is 11.1 Å². The second-order valence-electron chi connectivity index (χ2n) is 6.00. The molecule has 0 spiro atoms. The van der Waals surface area contributed by atoms with Crippen LogP contribution < -0.4 is 11.1 Å². The number of aliphatic carboxylic acids is 1. The van der Waals surface area contributed by atoms with Gasteiger partial charge < -0.3 is 16.2 Å². The Morgan fingerprint density at radius 3 is 3.05 bits per heavy atom. The second-order valence-corrected chi connectivity index (χ2v) is 6.85. The van der Waals surface area contributed by atoms with Gasteiger partial charge in [0.25, 0.3) is 0 Å². The summed E-state index contributed by atoms with van der Waals surface area (Å²) in [4.78, 5) is 15.1. The molecule has 1 aromatic rings. The number of nitrogens with zero attached hydrogens (tertiary/aromatic N) is 1. The van der Waals surface area contributed by atoms with Crippen molar-refractivity contribution in [2.45, 2.75) is 51.6 Å². The predicted octanol–water partition coefficient (Wildman–Crippen LogP) is 2.61. The fourth-order valence-electron chi connectivity index (χ4n) is 2.62. The molecule has 0 bridgehead atoms. The normalized spacial score (nSPS) is 23.8. The largest absolute Gasteiger partial charge is 0.480 e. The summed E-state index contributed by atoms with van der Waals surface area (Å²) in [7, 11) is 0. The maximum Gasteiger partial charge on any atom is 0.326 e. The first kappa shape index (κ1) is 14.3. The summed E-state index contributed by atoms with van der Waals surface area (Å²) in [6.45, 7) is 4.57. The molecule has 0 amide bonds. The van der Waals surface area contributed by atoms with Crippen molar-refractivity contribution in [1.82, 2.24) is 4.98 Å². The summed E-state index contributed by atoms with van der Waals surface area (Å²) < 4.78 is 0. The van der Waals surface area contributed by atoms with Gasteiger partial charge >= 0.3 is 5.97 Å². The molecule has 1 fully saturated rings. The van der Waals surface area contributed by atoms with E-state index in [9.17, 15) is 4.79 Å². The number of carboxylic acid groups (broad SMARTS) is 1. The third-order valence-electron chi connectivity index (χ3n) is 3.64. The van der Waals surface area contributed by atoms with Gasteiger partial charge in [0.05, 0.1) is 5.69 Å². The van der Waals surface area contributed by atoms with Crippen molar-refractivity contribution in [2.75, 3.05) is 5.32 Å². The topological polar surface area (TPSA) is 88.2 Å². The van der Waals surface area contributed by atoms with Crippen LogP contribution in [0.4, 0.5) is 5.13 Å². The minimum absolute atomic E-state index is 0.369. The molecule has 5 nitrogen and oxygen atoms in total. The van der Waals surface area contributed by atoms with Crippen LogP contribution in [0, 0.1) is 5.41 Å². The highest BCUT2D eigenvalue weighted by atomic mass is 32.1. The van der Waals surface area contributed by atoms with E-state index >= 15 is 0 Å². The first-order chi connectivity index (χ1) is 8.87. The number of aromatic nitrogens is 1. The number of thiazole rings is 1. The van der Waals surface area contributed by atoms with E-state index in [1.54, 1.807) is 5.38 Å². The van der Waals surface area contributed by atoms with E-state index < -0.39 is 12.0 Å². The van der Waals surface area contributed by atoms with Gasteiger partial charge in [0.1, 0.15) is 6.04 Å². The predicted molar refractivity (Wildman–Crippen MR) is 76.3 cm³/mol. The molecule has 1 aromatic heterocycles. The highest BCUT2D eigenvalue weighted by Gasteiger charge is 2.28. The fraction of sp³-hybridized carbons (Fsp3) is 0.692. The number of hydrogen-bond acceptors (Lipinski definition) is 5. The molecule has 0 saturated heterocycles. The van der Waals surface area contributed by atoms with Crippen molar-refractivity contribution in [3.63, 3.8) is 0 Å². The number of rotatable bonds is 4. The maximum absolute atomic E-state index is 10.8. The van der Waals surface area contributed by atoms with Gasteiger partial charge in [-0.05, 0) is 24.7 Å². The average Bonchev–Trinajstić information content (AvgIpc) is 2.75. The minimum Gasteiger partial charge on any atom is -0.480 e. The molecule has 106 valence electrons. The zero-order chi connectivity index (χ0) is 14.0. The molecule has 1 aliphatic carbocycles. The van der Waals surface area contributed by atoms with Crippen LogP contribution in [-0.4, -0.2) is 22.1 Å². The quantitative estimate of drug-likeness (QED) is 0.790. The van der Waals surface area contributed by atoms with Crippen LogP contribution in [0.15, 0.2) is 5.38 Å². The number of carbonyl (C=O) groups is 1. The van der Waals surface area contributed by atoms with Crippen LogP contribution in [0.2, 0.25) is 0 Å². The van der Waals surface area contributed by atoms with E-state index in [4.69, 9.17) is 10.8 Å². The lowest BCUT2D eigenvalue weighted by Gasteiger charge is -2.35. The molecule has 0 aliphatic heterocycles. The zero-order valence-corrected chi connectivity index (χ0v) is 12.2. The molecule has 1 aliphatic rings. The van der Waals surface area contributed by atoms with E-state index in [-0.39, 0.29) is 0 Å². The molecule has 2 rings (SSSR count). The Morgan fingerprint density at radius 1 is 1.68 bits per heavy atom. The van der Waals surface area contributed by atoms with E-state index in [0.29, 0.717) is 17.2 Å². The molecule has 0 aromatic carbocycles. The van der Waals surface area contributed by atoms with E-state index in [1.165, 1.54) is 24.2 Å². The summed E-state index contributed by atoms with van der Waals surface area (Å²) in [6.07, 6.45) is 4.74.